The lowest BCUT2D eigenvalue weighted by Gasteiger charge is -2.24. The van der Waals surface area contributed by atoms with E-state index < -0.39 is 54.3 Å². The van der Waals surface area contributed by atoms with E-state index in [-0.39, 0.29) is 24.7 Å². The number of nitrogens with two attached hydrogens (primary N) is 2. The number of carboxylic acid groups (broad SMARTS) is 1. The fourth-order valence-electron chi connectivity index (χ4n) is 2.24. The highest BCUT2D eigenvalue weighted by atomic mass is 16.4. The zero-order chi connectivity index (χ0) is 22.0. The number of amides is 4. The number of aliphatic carboxylic acids is 1. The molecule has 0 aromatic rings. The normalized spacial score (nSPS) is 14.1. The van der Waals surface area contributed by atoms with E-state index in [2.05, 4.69) is 16.0 Å². The van der Waals surface area contributed by atoms with Crippen LogP contribution in [0.4, 0.5) is 0 Å². The Kier molecular flexibility index (Phi) is 10.8. The van der Waals surface area contributed by atoms with Crippen LogP contribution in [0.3, 0.4) is 0 Å². The molecule has 0 aromatic carbocycles. The minimum absolute atomic E-state index is 0.0434. The molecule has 0 saturated carbocycles. The first kappa shape index (κ1) is 25.3. The molecule has 0 heterocycles. The van der Waals surface area contributed by atoms with Crippen LogP contribution in [-0.4, -0.2) is 59.4 Å². The van der Waals surface area contributed by atoms with Gasteiger partial charge in [0.1, 0.15) is 12.1 Å². The van der Waals surface area contributed by atoms with Crippen LogP contribution in [0.15, 0.2) is 0 Å². The monoisotopic (exact) mass is 401 g/mol. The van der Waals surface area contributed by atoms with Gasteiger partial charge >= 0.3 is 5.97 Å². The minimum atomic E-state index is -1.17. The zero-order valence-corrected chi connectivity index (χ0v) is 16.7. The summed E-state index contributed by atoms with van der Waals surface area (Å²) in [5.74, 6) is -4.30. The fourth-order valence-corrected chi connectivity index (χ4v) is 2.24. The van der Waals surface area contributed by atoms with E-state index in [1.807, 2.05) is 0 Å². The molecule has 11 heteroatoms. The highest BCUT2D eigenvalue weighted by Crippen LogP contribution is 2.04. The molecule has 0 bridgehead atoms. The van der Waals surface area contributed by atoms with Crippen molar-refractivity contribution in [3.05, 3.63) is 0 Å². The van der Waals surface area contributed by atoms with Crippen LogP contribution in [0.1, 0.15) is 40.5 Å². The van der Waals surface area contributed by atoms with Gasteiger partial charge in [-0.05, 0) is 18.3 Å². The average molecular weight is 401 g/mol. The number of carbonyl (C=O) groups is 5. The highest BCUT2D eigenvalue weighted by Gasteiger charge is 2.28. The van der Waals surface area contributed by atoms with E-state index in [1.165, 1.54) is 0 Å². The highest BCUT2D eigenvalue weighted by molar-refractivity contribution is 5.92. The van der Waals surface area contributed by atoms with Crippen molar-refractivity contribution in [1.29, 1.82) is 0 Å². The summed E-state index contributed by atoms with van der Waals surface area (Å²) >= 11 is 0. The molecule has 0 aromatic heterocycles. The van der Waals surface area contributed by atoms with Crippen LogP contribution >= 0.6 is 0 Å². The number of hydrogen-bond acceptors (Lipinski definition) is 6. The summed E-state index contributed by atoms with van der Waals surface area (Å²) in [7, 11) is 0. The van der Waals surface area contributed by atoms with Gasteiger partial charge in [0.25, 0.3) is 0 Å². The maximum atomic E-state index is 12.3. The molecule has 28 heavy (non-hydrogen) atoms. The molecule has 0 aliphatic carbocycles. The maximum Gasteiger partial charge on any atom is 0.326 e. The van der Waals surface area contributed by atoms with Crippen molar-refractivity contribution in [3.63, 3.8) is 0 Å². The van der Waals surface area contributed by atoms with Gasteiger partial charge in [-0.15, -0.1) is 0 Å². The Balaban J connectivity index is 4.74. The minimum Gasteiger partial charge on any atom is -0.480 e. The summed E-state index contributed by atoms with van der Waals surface area (Å²) in [5.41, 5.74) is 10.7. The second-order valence-corrected chi connectivity index (χ2v) is 7.19. The Labute approximate surface area is 164 Å². The molecule has 11 nitrogen and oxygen atoms in total. The lowest BCUT2D eigenvalue weighted by atomic mass is 10.0. The Bertz CT molecular complexity index is 593. The standard InChI is InChI=1S/C17H31N5O6/c1-8(2)13(22-15(25)10(18)5-6-11(19)23)16(26)20-7-12(24)21-14(9(3)4)17(27)28/h8-10,13-14H,5-7,18H2,1-4H3,(H2,19,23)(H,20,26)(H,21,24)(H,22,25)(H,27,28). The van der Waals surface area contributed by atoms with Crippen LogP contribution in [0, 0.1) is 11.8 Å². The molecule has 3 unspecified atom stereocenters. The number of carboxylic acids is 1. The number of rotatable bonds is 12. The predicted molar refractivity (Wildman–Crippen MR) is 101 cm³/mol. The van der Waals surface area contributed by atoms with Gasteiger partial charge in [0.2, 0.25) is 23.6 Å². The number of nitrogens with one attached hydrogen (secondary N) is 3. The molecule has 0 saturated heterocycles. The van der Waals surface area contributed by atoms with Crippen LogP contribution in [-0.2, 0) is 24.0 Å². The van der Waals surface area contributed by atoms with Gasteiger partial charge in [-0.2, -0.15) is 0 Å². The first-order valence-corrected chi connectivity index (χ1v) is 9.00. The second-order valence-electron chi connectivity index (χ2n) is 7.19. The van der Waals surface area contributed by atoms with Gasteiger partial charge in [-0.25, -0.2) is 4.79 Å². The largest absolute Gasteiger partial charge is 0.480 e. The molecule has 160 valence electrons. The van der Waals surface area contributed by atoms with E-state index in [1.54, 1.807) is 27.7 Å². The zero-order valence-electron chi connectivity index (χ0n) is 16.7. The Morgan fingerprint density at radius 1 is 0.893 bits per heavy atom. The van der Waals surface area contributed by atoms with Gasteiger partial charge in [-0.1, -0.05) is 27.7 Å². The van der Waals surface area contributed by atoms with Crippen LogP contribution < -0.4 is 27.4 Å². The molecule has 0 spiro atoms. The van der Waals surface area contributed by atoms with E-state index in [9.17, 15) is 24.0 Å². The summed E-state index contributed by atoms with van der Waals surface area (Å²) in [5, 5.41) is 16.2. The van der Waals surface area contributed by atoms with Crippen molar-refractivity contribution in [1.82, 2.24) is 16.0 Å². The molecule has 0 radical (unpaired) electrons. The summed E-state index contributed by atoms with van der Waals surface area (Å²) < 4.78 is 0. The van der Waals surface area contributed by atoms with Crippen LogP contribution in [0.25, 0.3) is 0 Å². The quantitative estimate of drug-likeness (QED) is 0.219. The topological polar surface area (TPSA) is 194 Å². The van der Waals surface area contributed by atoms with E-state index in [0.29, 0.717) is 0 Å². The van der Waals surface area contributed by atoms with Crippen molar-refractivity contribution in [2.24, 2.45) is 23.3 Å². The Morgan fingerprint density at radius 2 is 1.43 bits per heavy atom. The molecular weight excluding hydrogens is 370 g/mol. The van der Waals surface area contributed by atoms with E-state index in [0.717, 1.165) is 0 Å². The van der Waals surface area contributed by atoms with Gasteiger partial charge in [0, 0.05) is 6.42 Å². The molecule has 4 amide bonds. The van der Waals surface area contributed by atoms with Crippen molar-refractivity contribution < 1.29 is 29.1 Å². The van der Waals surface area contributed by atoms with Crippen molar-refractivity contribution in [2.45, 2.75) is 58.7 Å². The third kappa shape index (κ3) is 9.31. The third-order valence-corrected chi connectivity index (χ3v) is 3.96. The van der Waals surface area contributed by atoms with E-state index in [4.69, 9.17) is 16.6 Å². The van der Waals surface area contributed by atoms with Crippen LogP contribution in [0.5, 0.6) is 0 Å². The molecular formula is C17H31N5O6. The first-order valence-electron chi connectivity index (χ1n) is 9.00. The van der Waals surface area contributed by atoms with Crippen molar-refractivity contribution >= 4 is 29.6 Å². The number of carbonyl (C=O) groups excluding carboxylic acids is 4. The van der Waals surface area contributed by atoms with Crippen molar-refractivity contribution in [2.75, 3.05) is 6.54 Å². The van der Waals surface area contributed by atoms with Gasteiger partial charge < -0.3 is 32.5 Å². The lowest BCUT2D eigenvalue weighted by molar-refractivity contribution is -0.143. The fraction of sp³-hybridized carbons (Fsp3) is 0.706. The van der Waals surface area contributed by atoms with Gasteiger partial charge in [-0.3, -0.25) is 19.2 Å². The van der Waals surface area contributed by atoms with Crippen LogP contribution in [0.2, 0.25) is 0 Å². The van der Waals surface area contributed by atoms with Crippen molar-refractivity contribution in [3.8, 4) is 0 Å². The molecule has 0 rings (SSSR count). The molecule has 0 aliphatic heterocycles. The average Bonchev–Trinajstić information content (AvgIpc) is 2.58. The second kappa shape index (κ2) is 11.9. The summed E-state index contributed by atoms with van der Waals surface area (Å²) in [4.78, 5) is 58.2. The maximum absolute atomic E-state index is 12.3. The smallest absolute Gasteiger partial charge is 0.326 e. The summed E-state index contributed by atoms with van der Waals surface area (Å²) in [6.07, 6.45) is -0.0182. The van der Waals surface area contributed by atoms with E-state index >= 15 is 0 Å². The summed E-state index contributed by atoms with van der Waals surface area (Å²) in [6.45, 7) is 6.23. The Hall–Kier alpha value is -2.69. The predicted octanol–water partition coefficient (Wildman–Crippen LogP) is -1.94. The lowest BCUT2D eigenvalue weighted by Crippen LogP contribution is -2.55. The SMILES string of the molecule is CC(C)C(NC(=O)CNC(=O)C(NC(=O)C(N)CCC(N)=O)C(C)C)C(=O)O. The first-order chi connectivity index (χ1) is 12.9. The molecule has 0 aliphatic rings. The third-order valence-electron chi connectivity index (χ3n) is 3.96. The van der Waals surface area contributed by atoms with Gasteiger partial charge in [0.15, 0.2) is 0 Å². The molecule has 8 N–H and O–H groups in total. The Morgan fingerprint density at radius 3 is 1.86 bits per heavy atom. The van der Waals surface area contributed by atoms with Gasteiger partial charge in [0.05, 0.1) is 12.6 Å². The number of hydrogen-bond donors (Lipinski definition) is 6. The molecule has 3 atom stereocenters. The molecule has 0 fully saturated rings. The summed E-state index contributed by atoms with van der Waals surface area (Å²) in [6, 6.07) is -3.04. The number of primary amides is 1.